The van der Waals surface area contributed by atoms with Gasteiger partial charge in [-0.15, -0.1) is 16.8 Å². The summed E-state index contributed by atoms with van der Waals surface area (Å²) in [6.07, 6.45) is 3.67. The van der Waals surface area contributed by atoms with Crippen molar-refractivity contribution in [1.29, 1.82) is 0 Å². The van der Waals surface area contributed by atoms with E-state index in [-0.39, 0.29) is 11.7 Å². The topological polar surface area (TPSA) is 104 Å². The molecule has 0 bridgehead atoms. The number of hydrogen-bond donors (Lipinski definition) is 3. The summed E-state index contributed by atoms with van der Waals surface area (Å²) in [6, 6.07) is 12.8. The van der Waals surface area contributed by atoms with Crippen LogP contribution in [0.5, 0.6) is 5.75 Å². The van der Waals surface area contributed by atoms with E-state index < -0.39 is 5.25 Å². The number of benzene rings is 2. The van der Waals surface area contributed by atoms with Crippen LogP contribution in [0, 0.1) is 0 Å². The van der Waals surface area contributed by atoms with Gasteiger partial charge in [0.05, 0.1) is 18.0 Å². The summed E-state index contributed by atoms with van der Waals surface area (Å²) >= 11 is 7.28. The van der Waals surface area contributed by atoms with Crippen LogP contribution in [-0.4, -0.2) is 37.2 Å². The average Bonchev–Trinajstić information content (AvgIpc) is 3.14. The van der Waals surface area contributed by atoms with Crippen molar-refractivity contribution in [3.8, 4) is 5.75 Å². The number of phenolic OH excluding ortho intramolecular Hbond substituents is 1. The molecule has 3 N–H and O–H groups in total. The van der Waals surface area contributed by atoms with Crippen molar-refractivity contribution in [3.05, 3.63) is 77.1 Å². The number of aromatic hydroxyl groups is 1. The number of hydrazone groups is 1. The maximum Gasteiger partial charge on any atom is 0.253 e. The quantitative estimate of drug-likeness (QED) is 0.173. The Morgan fingerprint density at radius 3 is 2.88 bits per heavy atom. The Balaban J connectivity index is 1.55. The van der Waals surface area contributed by atoms with Gasteiger partial charge in [0.2, 0.25) is 0 Å². The van der Waals surface area contributed by atoms with Crippen LogP contribution in [0.4, 0.5) is 5.69 Å². The van der Waals surface area contributed by atoms with Crippen LogP contribution in [0.15, 0.2) is 65.4 Å². The molecule has 1 unspecified atom stereocenters. The largest absolute Gasteiger partial charge is 0.507 e. The molecule has 33 heavy (non-hydrogen) atoms. The number of aromatic nitrogens is 3. The van der Waals surface area contributed by atoms with Gasteiger partial charge >= 0.3 is 0 Å². The molecule has 3 aromatic rings. The number of allylic oxidation sites excluding steroid dienone is 1. The van der Waals surface area contributed by atoms with Crippen LogP contribution in [-0.2, 0) is 24.8 Å². The van der Waals surface area contributed by atoms with Crippen molar-refractivity contribution in [1.82, 2.24) is 20.2 Å². The van der Waals surface area contributed by atoms with E-state index in [0.717, 1.165) is 17.1 Å². The second-order valence-corrected chi connectivity index (χ2v) is 8.91. The molecule has 3 rings (SSSR count). The number of halogens is 1. The van der Waals surface area contributed by atoms with Gasteiger partial charge in [-0.1, -0.05) is 47.6 Å². The summed E-state index contributed by atoms with van der Waals surface area (Å²) in [6.45, 7) is 5.90. The summed E-state index contributed by atoms with van der Waals surface area (Å²) in [4.78, 5) is 12.4. The summed E-state index contributed by atoms with van der Waals surface area (Å²) in [5.74, 6) is 0.549. The highest BCUT2D eigenvalue weighted by molar-refractivity contribution is 8.00. The second kappa shape index (κ2) is 11.5. The molecular formula is C23H25ClN6O2S. The van der Waals surface area contributed by atoms with E-state index in [2.05, 4.69) is 32.6 Å². The number of phenols is 1. The van der Waals surface area contributed by atoms with Gasteiger partial charge in [-0.2, -0.15) is 5.10 Å². The summed E-state index contributed by atoms with van der Waals surface area (Å²) in [7, 11) is 1.85. The van der Waals surface area contributed by atoms with Gasteiger partial charge in [0.25, 0.3) is 5.91 Å². The Labute approximate surface area is 201 Å². The molecule has 1 heterocycles. The van der Waals surface area contributed by atoms with E-state index >= 15 is 0 Å². The van der Waals surface area contributed by atoms with Crippen molar-refractivity contribution < 1.29 is 9.90 Å². The Hall–Kier alpha value is -3.30. The lowest BCUT2D eigenvalue weighted by atomic mass is 10.1. The van der Waals surface area contributed by atoms with Crippen LogP contribution in [0.2, 0.25) is 5.02 Å². The Morgan fingerprint density at radius 2 is 2.12 bits per heavy atom. The predicted octanol–water partition coefficient (Wildman–Crippen LogP) is 4.15. The molecule has 1 atom stereocenters. The fraction of sp³-hybridized carbons (Fsp3) is 0.217. The summed E-state index contributed by atoms with van der Waals surface area (Å²) < 4.78 is 1.83. The number of para-hydroxylation sites is 1. The van der Waals surface area contributed by atoms with Gasteiger partial charge in [0.1, 0.15) is 5.75 Å². The van der Waals surface area contributed by atoms with Crippen molar-refractivity contribution in [2.24, 2.45) is 12.1 Å². The SMILES string of the molecule is C=CCc1cccc(C=NNC(=O)C(C)Sc2nnc(CNc3cccc(Cl)c3)n2C)c1O. The van der Waals surface area contributed by atoms with E-state index in [1.54, 1.807) is 19.1 Å². The first-order chi connectivity index (χ1) is 15.9. The molecule has 0 radical (unpaired) electrons. The number of amides is 1. The highest BCUT2D eigenvalue weighted by Crippen LogP contribution is 2.23. The number of hydrogen-bond acceptors (Lipinski definition) is 7. The maximum absolute atomic E-state index is 12.4. The number of nitrogens with one attached hydrogen (secondary N) is 2. The third-order valence-electron chi connectivity index (χ3n) is 4.75. The lowest BCUT2D eigenvalue weighted by Gasteiger charge is -2.10. The molecule has 0 saturated carbocycles. The lowest BCUT2D eigenvalue weighted by Crippen LogP contribution is -2.27. The van der Waals surface area contributed by atoms with E-state index in [1.165, 1.54) is 18.0 Å². The molecule has 10 heteroatoms. The van der Waals surface area contributed by atoms with Crippen LogP contribution in [0.25, 0.3) is 0 Å². The lowest BCUT2D eigenvalue weighted by molar-refractivity contribution is -0.120. The highest BCUT2D eigenvalue weighted by Gasteiger charge is 2.18. The molecule has 2 aromatic carbocycles. The van der Waals surface area contributed by atoms with Crippen molar-refractivity contribution in [2.75, 3.05) is 5.32 Å². The standard InChI is InChI=1S/C23H25ClN6O2S/c1-4-7-16-8-5-9-17(21(16)31)13-26-28-22(32)15(2)33-23-29-27-20(30(23)3)14-25-19-11-6-10-18(24)12-19/h4-6,8-13,15,25,31H,1,7,14H2,2-3H3,(H,28,32). The van der Waals surface area contributed by atoms with Gasteiger partial charge in [0.15, 0.2) is 11.0 Å². The zero-order chi connectivity index (χ0) is 23.8. The van der Waals surface area contributed by atoms with Crippen LogP contribution >= 0.6 is 23.4 Å². The molecule has 0 spiro atoms. The Kier molecular flexibility index (Phi) is 8.51. The first-order valence-corrected chi connectivity index (χ1v) is 11.4. The predicted molar refractivity (Wildman–Crippen MR) is 133 cm³/mol. The van der Waals surface area contributed by atoms with Gasteiger partial charge in [0, 0.05) is 23.3 Å². The first kappa shape index (κ1) is 24.3. The smallest absolute Gasteiger partial charge is 0.253 e. The van der Waals surface area contributed by atoms with E-state index in [9.17, 15) is 9.90 Å². The fourth-order valence-electron chi connectivity index (χ4n) is 2.88. The monoisotopic (exact) mass is 484 g/mol. The first-order valence-electron chi connectivity index (χ1n) is 10.2. The number of anilines is 1. The number of carbonyl (C=O) groups is 1. The normalized spacial score (nSPS) is 12.0. The minimum atomic E-state index is -0.459. The second-order valence-electron chi connectivity index (χ2n) is 7.16. The summed E-state index contributed by atoms with van der Waals surface area (Å²) in [5, 5.41) is 26.7. The molecule has 8 nitrogen and oxygen atoms in total. The fourth-order valence-corrected chi connectivity index (χ4v) is 3.90. The van der Waals surface area contributed by atoms with Gasteiger partial charge in [-0.05, 0) is 43.2 Å². The minimum Gasteiger partial charge on any atom is -0.507 e. The Morgan fingerprint density at radius 1 is 1.33 bits per heavy atom. The van der Waals surface area contributed by atoms with E-state index in [4.69, 9.17) is 11.6 Å². The van der Waals surface area contributed by atoms with Gasteiger partial charge < -0.3 is 15.0 Å². The third kappa shape index (κ3) is 6.59. The number of rotatable bonds is 10. The van der Waals surface area contributed by atoms with E-state index in [1.807, 2.05) is 48.0 Å². The zero-order valence-electron chi connectivity index (χ0n) is 18.3. The molecular weight excluding hydrogens is 460 g/mol. The van der Waals surface area contributed by atoms with Crippen LogP contribution in [0.3, 0.4) is 0 Å². The van der Waals surface area contributed by atoms with Crippen molar-refractivity contribution in [2.45, 2.75) is 30.3 Å². The van der Waals surface area contributed by atoms with Crippen LogP contribution in [0.1, 0.15) is 23.9 Å². The number of thioether (sulfide) groups is 1. The minimum absolute atomic E-state index is 0.121. The number of nitrogens with zero attached hydrogens (tertiary/aromatic N) is 4. The molecule has 1 amide bonds. The van der Waals surface area contributed by atoms with E-state index in [0.29, 0.717) is 28.7 Å². The third-order valence-corrected chi connectivity index (χ3v) is 6.11. The van der Waals surface area contributed by atoms with Crippen LogP contribution < -0.4 is 10.7 Å². The molecule has 0 aliphatic carbocycles. The van der Waals surface area contributed by atoms with Crippen molar-refractivity contribution in [3.63, 3.8) is 0 Å². The molecule has 0 saturated heterocycles. The van der Waals surface area contributed by atoms with Crippen molar-refractivity contribution >= 4 is 41.2 Å². The molecule has 0 aliphatic rings. The molecule has 1 aromatic heterocycles. The highest BCUT2D eigenvalue weighted by atomic mass is 35.5. The summed E-state index contributed by atoms with van der Waals surface area (Å²) in [5.41, 5.74) is 4.64. The molecule has 0 fully saturated rings. The van der Waals surface area contributed by atoms with Gasteiger partial charge in [-0.25, -0.2) is 5.43 Å². The average molecular weight is 485 g/mol. The maximum atomic E-state index is 12.4. The molecule has 172 valence electrons. The molecule has 0 aliphatic heterocycles. The van der Waals surface area contributed by atoms with Gasteiger partial charge in [-0.3, -0.25) is 4.79 Å². The number of carbonyl (C=O) groups excluding carboxylic acids is 1. The zero-order valence-corrected chi connectivity index (χ0v) is 19.9. The Bertz CT molecular complexity index is 1160.